The average Bonchev–Trinajstić information content (AvgIpc) is 3.08. The normalized spacial score (nSPS) is 13.5. The second-order valence-electron chi connectivity index (χ2n) is 11.9. The van der Waals surface area contributed by atoms with Crippen molar-refractivity contribution in [2.45, 2.75) is 64.5 Å². The summed E-state index contributed by atoms with van der Waals surface area (Å²) < 4.78 is 5.27. The molecule has 3 aromatic carbocycles. The molecule has 1 aliphatic heterocycles. The van der Waals surface area contributed by atoms with Crippen molar-refractivity contribution in [3.05, 3.63) is 101 Å². The first-order valence-electron chi connectivity index (χ1n) is 15.1. The lowest BCUT2D eigenvalue weighted by Gasteiger charge is -2.33. The van der Waals surface area contributed by atoms with Crippen LogP contribution < -0.4 is 10.2 Å². The summed E-state index contributed by atoms with van der Waals surface area (Å²) >= 11 is 0. The van der Waals surface area contributed by atoms with Crippen LogP contribution in [0.1, 0.15) is 79.5 Å². The molecule has 0 spiro atoms. The number of fused-ring (bicyclic) bond motifs is 1. The molecule has 2 N–H and O–H groups in total. The summed E-state index contributed by atoms with van der Waals surface area (Å²) in [5, 5.41) is 12.1. The Bertz CT molecular complexity index is 1410. The quantitative estimate of drug-likeness (QED) is 0.248. The zero-order chi connectivity index (χ0) is 31.7. The SMILES string of the molecule is CC(C)(C)OC(=O)NCCCCCc1ccc2c(c1)C(=O)N(CCC(=O)O)CC(=O)N2C(c1ccccc1)c1ccccc1. The van der Waals surface area contributed by atoms with Gasteiger partial charge in [-0.05, 0) is 68.9 Å². The summed E-state index contributed by atoms with van der Waals surface area (Å²) in [5.41, 5.74) is 3.07. The monoisotopic (exact) mass is 599 g/mol. The van der Waals surface area contributed by atoms with Gasteiger partial charge in [0.25, 0.3) is 5.91 Å². The lowest BCUT2D eigenvalue weighted by Crippen LogP contribution is -2.42. The second kappa shape index (κ2) is 14.7. The Hall–Kier alpha value is -4.66. The molecular formula is C35H41N3O6. The van der Waals surface area contributed by atoms with E-state index in [1.807, 2.05) is 99.6 Å². The molecule has 0 unspecified atom stereocenters. The molecule has 232 valence electrons. The molecule has 0 bridgehead atoms. The van der Waals surface area contributed by atoms with Crippen LogP contribution in [0.25, 0.3) is 0 Å². The minimum Gasteiger partial charge on any atom is -0.481 e. The van der Waals surface area contributed by atoms with Crippen molar-refractivity contribution >= 4 is 29.6 Å². The summed E-state index contributed by atoms with van der Waals surface area (Å²) in [5.74, 6) is -1.68. The molecule has 0 aliphatic carbocycles. The maximum Gasteiger partial charge on any atom is 0.407 e. The van der Waals surface area contributed by atoms with E-state index in [0.29, 0.717) is 24.2 Å². The standard InChI is InChI=1S/C35H41N3O6/c1-35(2,3)44-34(43)36-21-12-6-7-13-25-18-19-29-28(23-25)33(42)37(22-20-31(40)41)24-30(39)38(29)32(26-14-8-4-9-15-26)27-16-10-5-11-17-27/h4-5,8-11,14-19,23,32H,6-7,12-13,20-22,24H2,1-3H3,(H,36,43)(H,40,41). The van der Waals surface area contributed by atoms with Gasteiger partial charge in [-0.15, -0.1) is 0 Å². The molecule has 3 amide bonds. The fourth-order valence-corrected chi connectivity index (χ4v) is 5.33. The Morgan fingerprint density at radius 1 is 0.909 bits per heavy atom. The largest absolute Gasteiger partial charge is 0.481 e. The molecule has 0 saturated carbocycles. The molecule has 0 saturated heterocycles. The van der Waals surface area contributed by atoms with Gasteiger partial charge in [0.15, 0.2) is 0 Å². The highest BCUT2D eigenvalue weighted by Gasteiger charge is 2.37. The fraction of sp³-hybridized carbons (Fsp3) is 0.371. The second-order valence-corrected chi connectivity index (χ2v) is 11.9. The number of carboxylic acid groups (broad SMARTS) is 1. The molecule has 1 heterocycles. The highest BCUT2D eigenvalue weighted by Crippen LogP contribution is 2.37. The number of anilines is 1. The predicted molar refractivity (Wildman–Crippen MR) is 169 cm³/mol. The van der Waals surface area contributed by atoms with E-state index in [0.717, 1.165) is 36.0 Å². The third-order valence-electron chi connectivity index (χ3n) is 7.33. The highest BCUT2D eigenvalue weighted by molar-refractivity contribution is 6.10. The summed E-state index contributed by atoms with van der Waals surface area (Å²) in [6, 6.07) is 24.5. The van der Waals surface area contributed by atoms with Crippen LogP contribution in [0.5, 0.6) is 0 Å². The molecule has 0 fully saturated rings. The Kier molecular flexibility index (Phi) is 10.8. The van der Waals surface area contributed by atoms with E-state index < -0.39 is 23.7 Å². The number of carbonyl (C=O) groups is 4. The van der Waals surface area contributed by atoms with Gasteiger partial charge in [0.1, 0.15) is 12.1 Å². The average molecular weight is 600 g/mol. The summed E-state index contributed by atoms with van der Waals surface area (Å²) in [4.78, 5) is 54.1. The minimum absolute atomic E-state index is 0.0661. The van der Waals surface area contributed by atoms with Crippen molar-refractivity contribution in [3.8, 4) is 0 Å². The van der Waals surface area contributed by atoms with E-state index in [4.69, 9.17) is 4.74 Å². The smallest absolute Gasteiger partial charge is 0.407 e. The van der Waals surface area contributed by atoms with Crippen LogP contribution in [0.3, 0.4) is 0 Å². The number of aryl methyl sites for hydroxylation is 1. The van der Waals surface area contributed by atoms with Crippen LogP contribution in [0.2, 0.25) is 0 Å². The molecule has 0 atom stereocenters. The van der Waals surface area contributed by atoms with Crippen LogP contribution >= 0.6 is 0 Å². The van der Waals surface area contributed by atoms with Gasteiger partial charge in [-0.1, -0.05) is 73.2 Å². The molecule has 0 aromatic heterocycles. The lowest BCUT2D eigenvalue weighted by molar-refractivity contribution is -0.137. The number of rotatable bonds is 12. The minimum atomic E-state index is -1.03. The van der Waals surface area contributed by atoms with E-state index in [2.05, 4.69) is 5.32 Å². The molecule has 1 aliphatic rings. The van der Waals surface area contributed by atoms with Gasteiger partial charge >= 0.3 is 12.1 Å². The van der Waals surface area contributed by atoms with Crippen molar-refractivity contribution in [1.82, 2.24) is 10.2 Å². The number of amides is 3. The van der Waals surface area contributed by atoms with Crippen molar-refractivity contribution in [2.24, 2.45) is 0 Å². The van der Waals surface area contributed by atoms with Gasteiger partial charge in [-0.3, -0.25) is 19.3 Å². The highest BCUT2D eigenvalue weighted by atomic mass is 16.6. The molecule has 0 radical (unpaired) electrons. The van der Waals surface area contributed by atoms with Gasteiger partial charge in [-0.2, -0.15) is 0 Å². The molecule has 44 heavy (non-hydrogen) atoms. The number of aliphatic carboxylic acids is 1. The van der Waals surface area contributed by atoms with Crippen LogP contribution in [-0.4, -0.2) is 59.1 Å². The van der Waals surface area contributed by atoms with E-state index in [-0.39, 0.29) is 31.3 Å². The molecule has 4 rings (SSSR count). The van der Waals surface area contributed by atoms with Gasteiger partial charge < -0.3 is 20.1 Å². The summed E-state index contributed by atoms with van der Waals surface area (Å²) in [7, 11) is 0. The van der Waals surface area contributed by atoms with Crippen molar-refractivity contribution in [1.29, 1.82) is 0 Å². The van der Waals surface area contributed by atoms with Crippen molar-refractivity contribution in [2.75, 3.05) is 24.5 Å². The fourth-order valence-electron chi connectivity index (χ4n) is 5.33. The molecule has 9 nitrogen and oxygen atoms in total. The van der Waals surface area contributed by atoms with E-state index in [9.17, 15) is 24.3 Å². The summed E-state index contributed by atoms with van der Waals surface area (Å²) in [6.45, 7) is 5.68. The Labute approximate surface area is 258 Å². The van der Waals surface area contributed by atoms with Crippen LogP contribution in [-0.2, 0) is 20.7 Å². The Balaban J connectivity index is 1.59. The van der Waals surface area contributed by atoms with Gasteiger partial charge in [-0.25, -0.2) is 4.79 Å². The molecular weight excluding hydrogens is 558 g/mol. The Morgan fingerprint density at radius 3 is 2.14 bits per heavy atom. The van der Waals surface area contributed by atoms with Gasteiger partial charge in [0.05, 0.1) is 23.7 Å². The van der Waals surface area contributed by atoms with E-state index >= 15 is 0 Å². The third kappa shape index (κ3) is 8.69. The number of nitrogens with zero attached hydrogens (tertiary/aromatic N) is 2. The topological polar surface area (TPSA) is 116 Å². The zero-order valence-corrected chi connectivity index (χ0v) is 25.6. The summed E-state index contributed by atoms with van der Waals surface area (Å²) in [6.07, 6.45) is 2.50. The number of unbranched alkanes of at least 4 members (excludes halogenated alkanes) is 2. The molecule has 9 heteroatoms. The zero-order valence-electron chi connectivity index (χ0n) is 25.6. The number of hydrogen-bond donors (Lipinski definition) is 2. The van der Waals surface area contributed by atoms with Crippen LogP contribution in [0.4, 0.5) is 10.5 Å². The number of carboxylic acids is 1. The maximum absolute atomic E-state index is 14.0. The predicted octanol–water partition coefficient (Wildman–Crippen LogP) is 5.98. The number of alkyl carbamates (subject to hydrolysis) is 1. The van der Waals surface area contributed by atoms with Crippen LogP contribution in [0, 0.1) is 0 Å². The van der Waals surface area contributed by atoms with E-state index in [1.165, 1.54) is 4.90 Å². The number of carbonyl (C=O) groups excluding carboxylic acids is 3. The first kappa shape index (κ1) is 32.3. The first-order chi connectivity index (χ1) is 21.0. The first-order valence-corrected chi connectivity index (χ1v) is 15.1. The van der Waals surface area contributed by atoms with Crippen molar-refractivity contribution in [3.63, 3.8) is 0 Å². The Morgan fingerprint density at radius 2 is 1.55 bits per heavy atom. The number of ether oxygens (including phenoxy) is 1. The number of hydrogen-bond acceptors (Lipinski definition) is 5. The van der Waals surface area contributed by atoms with Crippen LogP contribution in [0.15, 0.2) is 78.9 Å². The van der Waals surface area contributed by atoms with Crippen molar-refractivity contribution < 1.29 is 29.0 Å². The molecule has 3 aromatic rings. The number of nitrogens with one attached hydrogen (secondary N) is 1. The van der Waals surface area contributed by atoms with Gasteiger partial charge in [0.2, 0.25) is 5.91 Å². The van der Waals surface area contributed by atoms with Gasteiger partial charge in [0, 0.05) is 13.1 Å². The maximum atomic E-state index is 14.0. The number of benzene rings is 3. The lowest BCUT2D eigenvalue weighted by atomic mass is 9.95. The third-order valence-corrected chi connectivity index (χ3v) is 7.33. The van der Waals surface area contributed by atoms with E-state index in [1.54, 1.807) is 4.90 Å².